The second kappa shape index (κ2) is 4.10. The molecular formula is C7H13N3O. The molecule has 0 saturated heterocycles. The van der Waals surface area contributed by atoms with E-state index >= 15 is 0 Å². The molecule has 0 aromatic carbocycles. The SMILES string of the molecule is CCONC(C)c1ccn[nH]1. The van der Waals surface area contributed by atoms with Crippen molar-refractivity contribution in [1.29, 1.82) is 0 Å². The molecule has 0 spiro atoms. The first-order valence-electron chi connectivity index (χ1n) is 3.71. The summed E-state index contributed by atoms with van der Waals surface area (Å²) < 4.78 is 0. The van der Waals surface area contributed by atoms with Crippen LogP contribution in [-0.2, 0) is 4.84 Å². The van der Waals surface area contributed by atoms with Crippen molar-refractivity contribution in [2.75, 3.05) is 6.61 Å². The second-order valence-electron chi connectivity index (χ2n) is 2.28. The molecular weight excluding hydrogens is 142 g/mol. The maximum Gasteiger partial charge on any atom is 0.0709 e. The van der Waals surface area contributed by atoms with Crippen LogP contribution in [0.15, 0.2) is 12.3 Å². The van der Waals surface area contributed by atoms with E-state index in [4.69, 9.17) is 4.84 Å². The topological polar surface area (TPSA) is 49.9 Å². The fraction of sp³-hybridized carbons (Fsp3) is 0.571. The van der Waals surface area contributed by atoms with Gasteiger partial charge in [0.2, 0.25) is 0 Å². The maximum absolute atomic E-state index is 5.02. The molecule has 1 heterocycles. The highest BCUT2D eigenvalue weighted by Crippen LogP contribution is 2.06. The fourth-order valence-corrected chi connectivity index (χ4v) is 0.780. The van der Waals surface area contributed by atoms with E-state index in [1.807, 2.05) is 19.9 Å². The van der Waals surface area contributed by atoms with Crippen LogP contribution in [-0.4, -0.2) is 16.8 Å². The summed E-state index contributed by atoms with van der Waals surface area (Å²) in [5, 5.41) is 6.68. The molecule has 0 aliphatic carbocycles. The molecule has 0 bridgehead atoms. The van der Waals surface area contributed by atoms with Gasteiger partial charge in [0, 0.05) is 6.20 Å². The second-order valence-corrected chi connectivity index (χ2v) is 2.28. The first kappa shape index (κ1) is 8.23. The molecule has 1 aromatic heterocycles. The van der Waals surface area contributed by atoms with Crippen molar-refractivity contribution in [2.45, 2.75) is 19.9 Å². The van der Waals surface area contributed by atoms with Crippen LogP contribution in [0.25, 0.3) is 0 Å². The molecule has 0 radical (unpaired) electrons. The summed E-state index contributed by atoms with van der Waals surface area (Å²) in [4.78, 5) is 5.02. The van der Waals surface area contributed by atoms with Gasteiger partial charge < -0.3 is 4.84 Å². The third-order valence-corrected chi connectivity index (χ3v) is 1.39. The van der Waals surface area contributed by atoms with Crippen LogP contribution in [0.2, 0.25) is 0 Å². The Labute approximate surface area is 65.9 Å². The minimum absolute atomic E-state index is 0.164. The summed E-state index contributed by atoms with van der Waals surface area (Å²) in [7, 11) is 0. The largest absolute Gasteiger partial charge is 0.301 e. The highest BCUT2D eigenvalue weighted by atomic mass is 16.6. The van der Waals surface area contributed by atoms with Crippen molar-refractivity contribution >= 4 is 0 Å². The highest BCUT2D eigenvalue weighted by Gasteiger charge is 2.03. The van der Waals surface area contributed by atoms with E-state index in [-0.39, 0.29) is 6.04 Å². The summed E-state index contributed by atoms with van der Waals surface area (Å²) >= 11 is 0. The summed E-state index contributed by atoms with van der Waals surface area (Å²) in [5.74, 6) is 0. The van der Waals surface area contributed by atoms with Crippen LogP contribution in [0.3, 0.4) is 0 Å². The Hall–Kier alpha value is -0.870. The predicted molar refractivity (Wildman–Crippen MR) is 41.8 cm³/mol. The highest BCUT2D eigenvalue weighted by molar-refractivity contribution is 5.01. The molecule has 0 saturated carbocycles. The summed E-state index contributed by atoms with van der Waals surface area (Å²) in [6.45, 7) is 4.61. The van der Waals surface area contributed by atoms with E-state index in [1.54, 1.807) is 6.20 Å². The molecule has 0 amide bonds. The first-order valence-corrected chi connectivity index (χ1v) is 3.71. The number of rotatable bonds is 4. The Balaban J connectivity index is 2.36. The Bertz CT molecular complexity index is 186. The number of hydroxylamine groups is 1. The van der Waals surface area contributed by atoms with Gasteiger partial charge in [-0.1, -0.05) is 0 Å². The average Bonchev–Trinajstić information content (AvgIpc) is 2.52. The van der Waals surface area contributed by atoms with Crippen molar-refractivity contribution in [2.24, 2.45) is 0 Å². The zero-order chi connectivity index (χ0) is 8.10. The molecule has 1 atom stereocenters. The lowest BCUT2D eigenvalue weighted by molar-refractivity contribution is 0.0275. The lowest BCUT2D eigenvalue weighted by Crippen LogP contribution is -2.19. The van der Waals surface area contributed by atoms with Gasteiger partial charge in [-0.05, 0) is 19.9 Å². The van der Waals surface area contributed by atoms with Gasteiger partial charge in [-0.3, -0.25) is 5.10 Å². The van der Waals surface area contributed by atoms with E-state index in [0.717, 1.165) is 5.69 Å². The number of nitrogens with zero attached hydrogens (tertiary/aromatic N) is 1. The lowest BCUT2D eigenvalue weighted by atomic mass is 10.3. The molecule has 62 valence electrons. The van der Waals surface area contributed by atoms with Crippen molar-refractivity contribution in [3.05, 3.63) is 18.0 Å². The van der Waals surface area contributed by atoms with Gasteiger partial charge in [-0.15, -0.1) is 0 Å². The van der Waals surface area contributed by atoms with Gasteiger partial charge in [0.15, 0.2) is 0 Å². The van der Waals surface area contributed by atoms with Gasteiger partial charge in [0.25, 0.3) is 0 Å². The molecule has 4 nitrogen and oxygen atoms in total. The zero-order valence-electron chi connectivity index (χ0n) is 6.79. The van der Waals surface area contributed by atoms with Crippen LogP contribution >= 0.6 is 0 Å². The summed E-state index contributed by atoms with van der Waals surface area (Å²) in [6.07, 6.45) is 1.72. The zero-order valence-corrected chi connectivity index (χ0v) is 6.79. The molecule has 1 aromatic rings. The van der Waals surface area contributed by atoms with Crippen molar-refractivity contribution in [3.63, 3.8) is 0 Å². The maximum atomic E-state index is 5.02. The molecule has 0 aliphatic heterocycles. The normalized spacial score (nSPS) is 13.3. The van der Waals surface area contributed by atoms with Crippen LogP contribution in [0.5, 0.6) is 0 Å². The number of H-pyrrole nitrogens is 1. The number of nitrogens with one attached hydrogen (secondary N) is 2. The third kappa shape index (κ3) is 2.32. The van der Waals surface area contributed by atoms with E-state index in [1.165, 1.54) is 0 Å². The van der Waals surface area contributed by atoms with Gasteiger partial charge >= 0.3 is 0 Å². The Kier molecular flexibility index (Phi) is 3.07. The smallest absolute Gasteiger partial charge is 0.0709 e. The van der Waals surface area contributed by atoms with Gasteiger partial charge in [-0.2, -0.15) is 10.6 Å². The molecule has 0 fully saturated rings. The average molecular weight is 155 g/mol. The Morgan fingerprint density at radius 1 is 1.82 bits per heavy atom. The lowest BCUT2D eigenvalue weighted by Gasteiger charge is -2.09. The van der Waals surface area contributed by atoms with Crippen LogP contribution in [0.1, 0.15) is 25.6 Å². The van der Waals surface area contributed by atoms with E-state index in [9.17, 15) is 0 Å². The molecule has 4 heteroatoms. The fourth-order valence-electron chi connectivity index (χ4n) is 0.780. The first-order chi connectivity index (χ1) is 5.34. The molecule has 11 heavy (non-hydrogen) atoms. The molecule has 2 N–H and O–H groups in total. The van der Waals surface area contributed by atoms with E-state index in [2.05, 4.69) is 15.7 Å². The summed E-state index contributed by atoms with van der Waals surface area (Å²) in [5.41, 5.74) is 3.89. The molecule has 1 unspecified atom stereocenters. The van der Waals surface area contributed by atoms with Crippen molar-refractivity contribution < 1.29 is 4.84 Å². The van der Waals surface area contributed by atoms with Crippen LogP contribution < -0.4 is 5.48 Å². The number of aromatic nitrogens is 2. The minimum Gasteiger partial charge on any atom is -0.301 e. The minimum atomic E-state index is 0.164. The quantitative estimate of drug-likeness (QED) is 0.638. The predicted octanol–water partition coefficient (Wildman–Crippen LogP) is 1.01. The van der Waals surface area contributed by atoms with Gasteiger partial charge in [0.1, 0.15) is 0 Å². The molecule has 0 aliphatic rings. The van der Waals surface area contributed by atoms with Gasteiger partial charge in [0.05, 0.1) is 18.3 Å². The summed E-state index contributed by atoms with van der Waals surface area (Å²) in [6, 6.07) is 2.08. The number of aromatic amines is 1. The number of hydrogen-bond donors (Lipinski definition) is 2. The van der Waals surface area contributed by atoms with Crippen molar-refractivity contribution in [1.82, 2.24) is 15.7 Å². The standard InChI is InChI=1S/C7H13N3O/c1-3-11-10-6(2)7-4-5-8-9-7/h4-6,10H,3H2,1-2H3,(H,8,9). The Morgan fingerprint density at radius 2 is 2.64 bits per heavy atom. The van der Waals surface area contributed by atoms with Crippen LogP contribution in [0, 0.1) is 0 Å². The number of hydrogen-bond acceptors (Lipinski definition) is 3. The third-order valence-electron chi connectivity index (χ3n) is 1.39. The van der Waals surface area contributed by atoms with E-state index in [0.29, 0.717) is 6.61 Å². The van der Waals surface area contributed by atoms with Crippen molar-refractivity contribution in [3.8, 4) is 0 Å². The molecule has 1 rings (SSSR count). The van der Waals surface area contributed by atoms with Gasteiger partial charge in [-0.25, -0.2) is 0 Å². The van der Waals surface area contributed by atoms with E-state index < -0.39 is 0 Å². The monoisotopic (exact) mass is 155 g/mol. The Morgan fingerprint density at radius 3 is 3.18 bits per heavy atom. The van der Waals surface area contributed by atoms with Crippen LogP contribution in [0.4, 0.5) is 0 Å².